The summed E-state index contributed by atoms with van der Waals surface area (Å²) in [6.45, 7) is 1.92. The van der Waals surface area contributed by atoms with Crippen LogP contribution in [0.2, 0.25) is 0 Å². The minimum Gasteiger partial charge on any atom is -0.398 e. The van der Waals surface area contributed by atoms with Gasteiger partial charge in [-0.2, -0.15) is 5.26 Å². The Labute approximate surface area is 100 Å². The Morgan fingerprint density at radius 2 is 2.35 bits per heavy atom. The Bertz CT molecular complexity index is 452. The first kappa shape index (κ1) is 13.0. The molecule has 0 aliphatic heterocycles. The fraction of sp³-hybridized carbons (Fsp3) is 0.333. The van der Waals surface area contributed by atoms with E-state index in [-0.39, 0.29) is 6.10 Å². The van der Waals surface area contributed by atoms with Gasteiger partial charge in [0.05, 0.1) is 11.7 Å². The van der Waals surface area contributed by atoms with Gasteiger partial charge in [0.1, 0.15) is 6.07 Å². The Morgan fingerprint density at radius 3 is 2.88 bits per heavy atom. The predicted octanol–water partition coefficient (Wildman–Crippen LogP) is 1.29. The zero-order valence-electron chi connectivity index (χ0n) is 9.86. The smallest absolute Gasteiger partial charge is 0.211 e. The molecule has 17 heavy (non-hydrogen) atoms. The van der Waals surface area contributed by atoms with Gasteiger partial charge >= 0.3 is 0 Å². The van der Waals surface area contributed by atoms with Crippen LogP contribution in [-0.4, -0.2) is 19.6 Å². The number of hydrogen-bond acceptors (Lipinski definition) is 4. The number of benzene rings is 1. The van der Waals surface area contributed by atoms with Crippen LogP contribution in [0, 0.1) is 11.3 Å². The molecule has 0 saturated heterocycles. The van der Waals surface area contributed by atoms with Crippen LogP contribution in [-0.2, 0) is 16.0 Å². The third-order valence-corrected chi connectivity index (χ3v) is 2.52. The third kappa shape index (κ3) is 3.20. The summed E-state index contributed by atoms with van der Waals surface area (Å²) >= 11 is 0. The standard InChI is InChI=1S/C12H15N3O2/c1-8(17-2)3-9-4-11(14)10(6-13)5-12(9)15-7-16/h4-5,7-8H,3,14H2,1-2H3,(H,15,16). The van der Waals surface area contributed by atoms with Crippen LogP contribution < -0.4 is 11.1 Å². The van der Waals surface area contributed by atoms with Crippen molar-refractivity contribution in [3.05, 3.63) is 23.3 Å². The highest BCUT2D eigenvalue weighted by molar-refractivity contribution is 5.77. The van der Waals surface area contributed by atoms with Gasteiger partial charge in [0.15, 0.2) is 0 Å². The number of nitriles is 1. The topological polar surface area (TPSA) is 88.1 Å². The van der Waals surface area contributed by atoms with Crippen molar-refractivity contribution in [3.63, 3.8) is 0 Å². The molecule has 0 saturated carbocycles. The number of hydrogen-bond donors (Lipinski definition) is 2. The summed E-state index contributed by atoms with van der Waals surface area (Å²) in [5.74, 6) is 0. The van der Waals surface area contributed by atoms with E-state index in [4.69, 9.17) is 15.7 Å². The zero-order chi connectivity index (χ0) is 12.8. The summed E-state index contributed by atoms with van der Waals surface area (Å²) in [5.41, 5.74) is 7.93. The van der Waals surface area contributed by atoms with Crippen molar-refractivity contribution >= 4 is 17.8 Å². The molecule has 1 aromatic carbocycles. The Hall–Kier alpha value is -2.06. The average molecular weight is 233 g/mol. The highest BCUT2D eigenvalue weighted by atomic mass is 16.5. The minimum absolute atomic E-state index is 0.00883. The van der Waals surface area contributed by atoms with Crippen LogP contribution in [0.1, 0.15) is 18.1 Å². The number of nitrogens with zero attached hydrogens (tertiary/aromatic N) is 1. The number of rotatable bonds is 5. The van der Waals surface area contributed by atoms with Gasteiger partial charge < -0.3 is 15.8 Å². The van der Waals surface area contributed by atoms with Gasteiger partial charge in [-0.15, -0.1) is 0 Å². The van der Waals surface area contributed by atoms with Gasteiger partial charge in [0, 0.05) is 24.9 Å². The number of carbonyl (C=O) groups excluding carboxylic acids is 1. The van der Waals surface area contributed by atoms with Gasteiger partial charge in [-0.1, -0.05) is 0 Å². The van der Waals surface area contributed by atoms with E-state index in [1.807, 2.05) is 13.0 Å². The molecule has 1 atom stereocenters. The fourth-order valence-electron chi connectivity index (χ4n) is 1.52. The average Bonchev–Trinajstić information content (AvgIpc) is 2.32. The van der Waals surface area contributed by atoms with Gasteiger partial charge in [-0.05, 0) is 24.6 Å². The Morgan fingerprint density at radius 1 is 1.65 bits per heavy atom. The van der Waals surface area contributed by atoms with E-state index < -0.39 is 0 Å². The molecular formula is C12H15N3O2. The molecule has 0 aromatic heterocycles. The summed E-state index contributed by atoms with van der Waals surface area (Å²) < 4.78 is 5.16. The molecule has 5 heteroatoms. The lowest BCUT2D eigenvalue weighted by molar-refractivity contribution is -0.105. The molecule has 1 rings (SSSR count). The summed E-state index contributed by atoms with van der Waals surface area (Å²) in [5, 5.41) is 11.4. The minimum atomic E-state index is 0.00883. The monoisotopic (exact) mass is 233 g/mol. The lowest BCUT2D eigenvalue weighted by atomic mass is 10.0. The Balaban J connectivity index is 3.13. The second-order valence-corrected chi connectivity index (χ2v) is 3.72. The molecule has 0 bridgehead atoms. The van der Waals surface area contributed by atoms with E-state index in [1.54, 1.807) is 19.2 Å². The number of nitrogen functional groups attached to an aromatic ring is 1. The maximum atomic E-state index is 10.5. The molecule has 90 valence electrons. The highest BCUT2D eigenvalue weighted by Crippen LogP contribution is 2.24. The van der Waals surface area contributed by atoms with Crippen LogP contribution in [0.4, 0.5) is 11.4 Å². The van der Waals surface area contributed by atoms with E-state index in [2.05, 4.69) is 5.32 Å². The lowest BCUT2D eigenvalue weighted by Crippen LogP contribution is -2.11. The van der Waals surface area contributed by atoms with Crippen molar-refractivity contribution in [2.24, 2.45) is 0 Å². The first-order valence-corrected chi connectivity index (χ1v) is 5.17. The van der Waals surface area contributed by atoms with Crippen LogP contribution in [0.15, 0.2) is 12.1 Å². The quantitative estimate of drug-likeness (QED) is 0.592. The maximum Gasteiger partial charge on any atom is 0.211 e. The number of carbonyl (C=O) groups is 1. The van der Waals surface area contributed by atoms with Gasteiger partial charge in [-0.3, -0.25) is 4.79 Å². The normalized spacial score (nSPS) is 11.6. The van der Waals surface area contributed by atoms with Crippen LogP contribution in [0.25, 0.3) is 0 Å². The molecule has 1 unspecified atom stereocenters. The third-order valence-electron chi connectivity index (χ3n) is 2.52. The molecule has 0 aliphatic rings. The molecule has 0 fully saturated rings. The van der Waals surface area contributed by atoms with Crippen molar-refractivity contribution in [1.29, 1.82) is 5.26 Å². The first-order valence-electron chi connectivity index (χ1n) is 5.17. The second-order valence-electron chi connectivity index (χ2n) is 3.72. The van der Waals surface area contributed by atoms with Crippen molar-refractivity contribution in [3.8, 4) is 6.07 Å². The summed E-state index contributed by atoms with van der Waals surface area (Å²) in [4.78, 5) is 10.5. The number of ether oxygens (including phenoxy) is 1. The molecule has 0 heterocycles. The largest absolute Gasteiger partial charge is 0.398 e. The van der Waals surface area contributed by atoms with Gasteiger partial charge in [0.25, 0.3) is 0 Å². The SMILES string of the molecule is COC(C)Cc1cc(N)c(C#N)cc1NC=O. The predicted molar refractivity (Wildman–Crippen MR) is 65.4 cm³/mol. The highest BCUT2D eigenvalue weighted by Gasteiger charge is 2.10. The lowest BCUT2D eigenvalue weighted by Gasteiger charge is -2.14. The van der Waals surface area contributed by atoms with Crippen LogP contribution >= 0.6 is 0 Å². The molecule has 1 amide bonds. The molecule has 3 N–H and O–H groups in total. The number of methoxy groups -OCH3 is 1. The number of amides is 1. The van der Waals surface area contributed by atoms with E-state index >= 15 is 0 Å². The molecule has 1 aromatic rings. The maximum absolute atomic E-state index is 10.5. The van der Waals surface area contributed by atoms with Crippen LogP contribution in [0.5, 0.6) is 0 Å². The first-order chi connectivity index (χ1) is 8.12. The summed E-state index contributed by atoms with van der Waals surface area (Å²) in [6, 6.07) is 5.24. The van der Waals surface area contributed by atoms with Crippen molar-refractivity contribution in [2.45, 2.75) is 19.4 Å². The number of nitrogens with two attached hydrogens (primary N) is 1. The molecule has 0 radical (unpaired) electrons. The van der Waals surface area contributed by atoms with E-state index in [9.17, 15) is 4.79 Å². The molecule has 5 nitrogen and oxygen atoms in total. The number of nitrogens with one attached hydrogen (secondary N) is 1. The molecule has 0 aliphatic carbocycles. The van der Waals surface area contributed by atoms with E-state index in [1.165, 1.54) is 0 Å². The van der Waals surface area contributed by atoms with Crippen molar-refractivity contribution in [1.82, 2.24) is 0 Å². The van der Waals surface area contributed by atoms with Crippen molar-refractivity contribution in [2.75, 3.05) is 18.2 Å². The zero-order valence-corrected chi connectivity index (χ0v) is 9.86. The van der Waals surface area contributed by atoms with Gasteiger partial charge in [-0.25, -0.2) is 0 Å². The fourth-order valence-corrected chi connectivity index (χ4v) is 1.52. The van der Waals surface area contributed by atoms with Crippen LogP contribution in [0.3, 0.4) is 0 Å². The Kier molecular flexibility index (Phi) is 4.49. The second kappa shape index (κ2) is 5.87. The van der Waals surface area contributed by atoms with E-state index in [0.29, 0.717) is 29.8 Å². The molecular weight excluding hydrogens is 218 g/mol. The van der Waals surface area contributed by atoms with Crippen molar-refractivity contribution < 1.29 is 9.53 Å². The van der Waals surface area contributed by atoms with Gasteiger partial charge in [0.2, 0.25) is 6.41 Å². The molecule has 0 spiro atoms. The summed E-state index contributed by atoms with van der Waals surface area (Å²) in [7, 11) is 1.62. The van der Waals surface area contributed by atoms with E-state index in [0.717, 1.165) is 5.56 Å². The number of anilines is 2. The summed E-state index contributed by atoms with van der Waals surface area (Å²) in [6.07, 6.45) is 1.20.